The zero-order valence-electron chi connectivity index (χ0n) is 21.6. The van der Waals surface area contributed by atoms with E-state index in [0.29, 0.717) is 46.9 Å². The zero-order chi connectivity index (χ0) is 27.4. The maximum atomic E-state index is 12.8. The van der Waals surface area contributed by atoms with Crippen molar-refractivity contribution in [2.45, 2.75) is 24.3 Å². The second-order valence-corrected chi connectivity index (χ2v) is 9.97. The number of aryl methyl sites for hydroxylation is 1. The topological polar surface area (TPSA) is 113 Å². The molecular formula is C27H28N2O8S. The molecule has 0 fully saturated rings. The van der Waals surface area contributed by atoms with Gasteiger partial charge in [-0.2, -0.15) is 13.5 Å². The lowest BCUT2D eigenvalue weighted by Gasteiger charge is -2.19. The van der Waals surface area contributed by atoms with Crippen molar-refractivity contribution in [2.75, 3.05) is 28.4 Å². The molecule has 0 aliphatic carbocycles. The molecule has 0 bridgehead atoms. The molecule has 3 aromatic carbocycles. The Kier molecular flexibility index (Phi) is 7.77. The minimum atomic E-state index is -4.08. The normalized spacial score (nSPS) is 15.0. The van der Waals surface area contributed by atoms with Gasteiger partial charge >= 0.3 is 10.1 Å². The fourth-order valence-corrected chi connectivity index (χ4v) is 5.09. The quantitative estimate of drug-likeness (QED) is 0.279. The highest BCUT2D eigenvalue weighted by Crippen LogP contribution is 2.41. The lowest BCUT2D eigenvalue weighted by molar-refractivity contribution is -0.119. The highest BCUT2D eigenvalue weighted by atomic mass is 32.2. The fourth-order valence-electron chi connectivity index (χ4n) is 4.15. The van der Waals surface area contributed by atoms with Gasteiger partial charge in [0.15, 0.2) is 23.0 Å². The highest BCUT2D eigenvalue weighted by molar-refractivity contribution is 7.87. The monoisotopic (exact) mass is 540 g/mol. The number of carbonyl (C=O) groups is 1. The number of ether oxygens (including phenoxy) is 4. The van der Waals surface area contributed by atoms with Crippen molar-refractivity contribution >= 4 is 22.2 Å². The Morgan fingerprint density at radius 1 is 0.842 bits per heavy atom. The van der Waals surface area contributed by atoms with E-state index in [4.69, 9.17) is 23.1 Å². The van der Waals surface area contributed by atoms with Crippen LogP contribution in [0, 0.1) is 6.92 Å². The van der Waals surface area contributed by atoms with E-state index in [0.717, 1.165) is 5.56 Å². The first-order valence-corrected chi connectivity index (χ1v) is 13.0. The number of amides is 1. The van der Waals surface area contributed by atoms with Crippen molar-refractivity contribution in [1.29, 1.82) is 0 Å². The summed E-state index contributed by atoms with van der Waals surface area (Å²) < 4.78 is 52.7. The number of benzene rings is 3. The number of rotatable bonds is 10. The maximum absolute atomic E-state index is 12.8. The van der Waals surface area contributed by atoms with E-state index in [1.807, 2.05) is 6.92 Å². The summed E-state index contributed by atoms with van der Waals surface area (Å²) in [6.07, 6.45) is 1.01. The molecule has 0 saturated carbocycles. The van der Waals surface area contributed by atoms with Crippen molar-refractivity contribution in [1.82, 2.24) is 5.01 Å². The SMILES string of the molecule is COc1cc(C2CC(c3cc(OC)c(OC)c(OC)c3)=NN2C=O)ccc1OS(=O)(=O)c1ccc(C)cc1. The maximum Gasteiger partial charge on any atom is 0.339 e. The second-order valence-electron chi connectivity index (χ2n) is 8.43. The van der Waals surface area contributed by atoms with Crippen molar-refractivity contribution in [3.8, 4) is 28.7 Å². The van der Waals surface area contributed by atoms with Gasteiger partial charge < -0.3 is 23.1 Å². The molecule has 1 heterocycles. The first kappa shape index (κ1) is 26.8. The van der Waals surface area contributed by atoms with Gasteiger partial charge in [0.2, 0.25) is 12.2 Å². The van der Waals surface area contributed by atoms with Gasteiger partial charge in [-0.05, 0) is 48.9 Å². The summed E-state index contributed by atoms with van der Waals surface area (Å²) in [6.45, 7) is 1.86. The first-order valence-electron chi connectivity index (χ1n) is 11.5. The van der Waals surface area contributed by atoms with Crippen molar-refractivity contribution in [2.24, 2.45) is 5.10 Å². The minimum Gasteiger partial charge on any atom is -0.493 e. The van der Waals surface area contributed by atoms with Crippen LogP contribution in [0.1, 0.15) is 29.2 Å². The van der Waals surface area contributed by atoms with Gasteiger partial charge in [0, 0.05) is 12.0 Å². The largest absolute Gasteiger partial charge is 0.493 e. The van der Waals surface area contributed by atoms with Crippen LogP contribution in [0.4, 0.5) is 0 Å². The average molecular weight is 541 g/mol. The molecule has 0 saturated heterocycles. The molecule has 3 aromatic rings. The molecule has 11 heteroatoms. The van der Waals surface area contributed by atoms with E-state index in [2.05, 4.69) is 5.10 Å². The summed E-state index contributed by atoms with van der Waals surface area (Å²) in [7, 11) is 1.89. The molecule has 0 aromatic heterocycles. The molecule has 38 heavy (non-hydrogen) atoms. The van der Waals surface area contributed by atoms with Crippen LogP contribution in [-0.2, 0) is 14.9 Å². The molecule has 0 N–H and O–H groups in total. The molecule has 1 aliphatic rings. The van der Waals surface area contributed by atoms with Crippen molar-refractivity contribution in [3.63, 3.8) is 0 Å². The van der Waals surface area contributed by atoms with Gasteiger partial charge in [-0.15, -0.1) is 0 Å². The Bertz CT molecular complexity index is 1440. The van der Waals surface area contributed by atoms with E-state index < -0.39 is 16.2 Å². The van der Waals surface area contributed by atoms with Crippen LogP contribution >= 0.6 is 0 Å². The number of hydrogen-bond donors (Lipinski definition) is 0. The van der Waals surface area contributed by atoms with Crippen LogP contribution in [0.15, 0.2) is 64.6 Å². The standard InChI is InChI=1S/C27H28N2O8S/c1-17-6-9-20(10-7-17)38(31,32)37-23-11-8-18(12-24(23)33-2)22-15-21(28-29(22)16-30)19-13-25(34-3)27(36-5)26(14-19)35-4/h6-14,16,22H,15H2,1-5H3. The van der Waals surface area contributed by atoms with E-state index in [1.54, 1.807) is 36.4 Å². The molecule has 10 nitrogen and oxygen atoms in total. The minimum absolute atomic E-state index is 0.0262. The van der Waals surface area contributed by atoms with Gasteiger partial charge in [0.25, 0.3) is 0 Å². The molecule has 200 valence electrons. The summed E-state index contributed by atoms with van der Waals surface area (Å²) in [5.41, 5.74) is 2.93. The Labute approximate surface area is 221 Å². The molecular weight excluding hydrogens is 512 g/mol. The predicted octanol–water partition coefficient (Wildman–Crippen LogP) is 4.10. The Hall–Kier alpha value is -4.25. The summed E-state index contributed by atoms with van der Waals surface area (Å²) in [4.78, 5) is 11.9. The van der Waals surface area contributed by atoms with Crippen LogP contribution in [-0.4, -0.2) is 54.0 Å². The third-order valence-corrected chi connectivity index (χ3v) is 7.38. The Balaban J connectivity index is 1.62. The first-order chi connectivity index (χ1) is 18.2. The third kappa shape index (κ3) is 5.23. The van der Waals surface area contributed by atoms with Gasteiger partial charge in [-0.1, -0.05) is 23.8 Å². The number of nitrogens with zero attached hydrogens (tertiary/aromatic N) is 2. The molecule has 0 spiro atoms. The molecule has 1 atom stereocenters. The lowest BCUT2D eigenvalue weighted by Crippen LogP contribution is -2.17. The van der Waals surface area contributed by atoms with Gasteiger partial charge in [0.1, 0.15) is 4.90 Å². The molecule has 4 rings (SSSR count). The van der Waals surface area contributed by atoms with Crippen LogP contribution < -0.4 is 23.1 Å². The predicted molar refractivity (Wildman–Crippen MR) is 140 cm³/mol. The van der Waals surface area contributed by atoms with E-state index >= 15 is 0 Å². The molecule has 1 amide bonds. The van der Waals surface area contributed by atoms with Crippen LogP contribution in [0.25, 0.3) is 0 Å². The summed E-state index contributed by atoms with van der Waals surface area (Å²) in [6, 6.07) is 14.2. The highest BCUT2D eigenvalue weighted by Gasteiger charge is 2.31. The average Bonchev–Trinajstić information content (AvgIpc) is 3.37. The van der Waals surface area contributed by atoms with Gasteiger partial charge in [-0.3, -0.25) is 4.79 Å². The Morgan fingerprint density at radius 2 is 1.47 bits per heavy atom. The number of hydrazone groups is 1. The fraction of sp³-hybridized carbons (Fsp3) is 0.259. The molecule has 0 radical (unpaired) electrons. The van der Waals surface area contributed by atoms with Crippen LogP contribution in [0.3, 0.4) is 0 Å². The molecule has 1 unspecified atom stereocenters. The van der Waals surface area contributed by atoms with Crippen LogP contribution in [0.5, 0.6) is 28.7 Å². The summed E-state index contributed by atoms with van der Waals surface area (Å²) in [5, 5.41) is 5.79. The van der Waals surface area contributed by atoms with Gasteiger partial charge in [-0.25, -0.2) is 5.01 Å². The third-order valence-electron chi connectivity index (χ3n) is 6.13. The number of hydrogen-bond acceptors (Lipinski definition) is 9. The zero-order valence-corrected chi connectivity index (χ0v) is 22.4. The van der Waals surface area contributed by atoms with Crippen molar-refractivity contribution < 1.29 is 36.3 Å². The Morgan fingerprint density at radius 3 is 2.03 bits per heavy atom. The van der Waals surface area contributed by atoms with Gasteiger partial charge in [0.05, 0.1) is 40.2 Å². The van der Waals surface area contributed by atoms with E-state index in [9.17, 15) is 13.2 Å². The smallest absolute Gasteiger partial charge is 0.339 e. The summed E-state index contributed by atoms with van der Waals surface area (Å²) in [5.74, 6) is 1.60. The van der Waals surface area contributed by atoms with E-state index in [-0.39, 0.29) is 16.4 Å². The lowest BCUT2D eigenvalue weighted by atomic mass is 9.97. The van der Waals surface area contributed by atoms with Crippen molar-refractivity contribution in [3.05, 3.63) is 71.3 Å². The number of methoxy groups -OCH3 is 4. The van der Waals surface area contributed by atoms with Crippen LogP contribution in [0.2, 0.25) is 0 Å². The summed E-state index contributed by atoms with van der Waals surface area (Å²) >= 11 is 0. The molecule has 1 aliphatic heterocycles. The number of carbonyl (C=O) groups excluding carboxylic acids is 1. The van der Waals surface area contributed by atoms with E-state index in [1.165, 1.54) is 51.6 Å². The second kappa shape index (κ2) is 11.0.